The van der Waals surface area contributed by atoms with Crippen LogP contribution in [0.5, 0.6) is 0 Å². The van der Waals surface area contributed by atoms with Crippen molar-refractivity contribution in [2.45, 2.75) is 19.9 Å². The molecule has 1 aliphatic heterocycles. The summed E-state index contributed by atoms with van der Waals surface area (Å²) < 4.78 is 1.18. The summed E-state index contributed by atoms with van der Waals surface area (Å²) in [6, 6.07) is 6.30. The zero-order chi connectivity index (χ0) is 11.4. The van der Waals surface area contributed by atoms with Crippen molar-refractivity contribution >= 4 is 45.9 Å². The average molecular weight is 410 g/mol. The molecule has 94 valence electrons. The fraction of sp³-hybridized carbons (Fsp3) is 0.417. The standard InChI is InChI=1S/C12H16BrN3.HI/c1-9-4-2-5-10(11(9)13)8-16-12-14-6-3-7-15-12;/h2,4-5H,3,6-8H2,1H3,(H2,14,15,16);1H. The lowest BCUT2D eigenvalue weighted by molar-refractivity contribution is 0.701. The predicted octanol–water partition coefficient (Wildman–Crippen LogP) is 2.81. The number of guanidine groups is 1. The van der Waals surface area contributed by atoms with Gasteiger partial charge in [-0.1, -0.05) is 34.1 Å². The van der Waals surface area contributed by atoms with Gasteiger partial charge < -0.3 is 10.6 Å². The van der Waals surface area contributed by atoms with Gasteiger partial charge in [-0.15, -0.1) is 24.0 Å². The van der Waals surface area contributed by atoms with Gasteiger partial charge in [0.2, 0.25) is 0 Å². The van der Waals surface area contributed by atoms with E-state index in [0.29, 0.717) is 0 Å². The Labute approximate surface area is 128 Å². The molecule has 0 saturated carbocycles. The molecule has 17 heavy (non-hydrogen) atoms. The maximum absolute atomic E-state index is 4.38. The minimum atomic E-state index is 0. The van der Waals surface area contributed by atoms with Crippen LogP contribution in [-0.2, 0) is 6.54 Å². The van der Waals surface area contributed by atoms with Crippen LogP contribution in [0, 0.1) is 6.92 Å². The summed E-state index contributed by atoms with van der Waals surface area (Å²) in [5.41, 5.74) is 2.52. The molecule has 1 aromatic carbocycles. The lowest BCUT2D eigenvalue weighted by Gasteiger charge is -2.16. The molecule has 0 amide bonds. The van der Waals surface area contributed by atoms with Crippen LogP contribution in [0.4, 0.5) is 0 Å². The van der Waals surface area contributed by atoms with Crippen molar-refractivity contribution in [1.82, 2.24) is 10.6 Å². The maximum Gasteiger partial charge on any atom is 0.191 e. The first kappa shape index (κ1) is 14.8. The summed E-state index contributed by atoms with van der Waals surface area (Å²) >= 11 is 3.60. The van der Waals surface area contributed by atoms with Crippen molar-refractivity contribution < 1.29 is 0 Å². The molecule has 5 heteroatoms. The number of rotatable bonds is 2. The molecule has 2 N–H and O–H groups in total. The third-order valence-electron chi connectivity index (χ3n) is 2.62. The fourth-order valence-corrected chi connectivity index (χ4v) is 2.08. The number of halogens is 2. The molecule has 0 saturated heterocycles. The van der Waals surface area contributed by atoms with E-state index in [0.717, 1.165) is 32.0 Å². The van der Waals surface area contributed by atoms with E-state index in [4.69, 9.17) is 0 Å². The van der Waals surface area contributed by atoms with Gasteiger partial charge in [-0.3, -0.25) is 4.99 Å². The van der Waals surface area contributed by atoms with E-state index in [2.05, 4.69) is 56.7 Å². The van der Waals surface area contributed by atoms with Gasteiger partial charge in [-0.25, -0.2) is 0 Å². The lowest BCUT2D eigenvalue weighted by Crippen LogP contribution is -2.40. The molecular formula is C12H17BrIN3. The van der Waals surface area contributed by atoms with Gasteiger partial charge in [-0.2, -0.15) is 0 Å². The number of hydrogen-bond donors (Lipinski definition) is 2. The number of hydrogen-bond acceptors (Lipinski definition) is 3. The van der Waals surface area contributed by atoms with Gasteiger partial charge >= 0.3 is 0 Å². The summed E-state index contributed by atoms with van der Waals surface area (Å²) in [6.45, 7) is 4.84. The molecule has 0 aliphatic carbocycles. The van der Waals surface area contributed by atoms with E-state index < -0.39 is 0 Å². The maximum atomic E-state index is 4.38. The first-order valence-corrected chi connectivity index (χ1v) is 6.33. The van der Waals surface area contributed by atoms with Crippen molar-refractivity contribution in [1.29, 1.82) is 0 Å². The summed E-state index contributed by atoms with van der Waals surface area (Å²) in [6.07, 6.45) is 1.12. The number of benzene rings is 1. The Morgan fingerprint density at radius 1 is 1.47 bits per heavy atom. The van der Waals surface area contributed by atoms with Gasteiger partial charge in [0.15, 0.2) is 5.96 Å². The Hall–Kier alpha value is -0.300. The van der Waals surface area contributed by atoms with Crippen LogP contribution in [0.15, 0.2) is 27.7 Å². The second-order valence-corrected chi connectivity index (χ2v) is 4.71. The van der Waals surface area contributed by atoms with Crippen LogP contribution in [0.1, 0.15) is 17.5 Å². The highest BCUT2D eigenvalue weighted by Gasteiger charge is 2.05. The highest BCUT2D eigenvalue weighted by molar-refractivity contribution is 14.0. The topological polar surface area (TPSA) is 36.4 Å². The van der Waals surface area contributed by atoms with Gasteiger partial charge in [-0.05, 0) is 24.5 Å². The minimum Gasteiger partial charge on any atom is -0.356 e. The van der Waals surface area contributed by atoms with Crippen LogP contribution in [0.25, 0.3) is 0 Å². The summed E-state index contributed by atoms with van der Waals surface area (Å²) in [7, 11) is 0. The summed E-state index contributed by atoms with van der Waals surface area (Å²) in [4.78, 5) is 4.38. The molecule has 2 rings (SSSR count). The van der Waals surface area contributed by atoms with E-state index in [1.54, 1.807) is 0 Å². The van der Waals surface area contributed by atoms with E-state index in [9.17, 15) is 0 Å². The van der Waals surface area contributed by atoms with Crippen LogP contribution in [-0.4, -0.2) is 19.0 Å². The number of nitrogens with one attached hydrogen (secondary N) is 2. The second-order valence-electron chi connectivity index (χ2n) is 3.91. The molecule has 1 aromatic rings. The summed E-state index contributed by atoms with van der Waals surface area (Å²) in [5, 5.41) is 6.56. The quantitative estimate of drug-likeness (QED) is 0.737. The SMILES string of the molecule is Cc1cccc(CNC2=NCCCN2)c1Br.I. The van der Waals surface area contributed by atoms with Crippen molar-refractivity contribution in [3.05, 3.63) is 33.8 Å². The molecule has 0 fully saturated rings. The van der Waals surface area contributed by atoms with Crippen molar-refractivity contribution in [2.75, 3.05) is 13.1 Å². The van der Waals surface area contributed by atoms with Gasteiger partial charge in [0, 0.05) is 24.1 Å². The fourth-order valence-electron chi connectivity index (χ4n) is 1.67. The molecule has 0 bridgehead atoms. The van der Waals surface area contributed by atoms with E-state index in [1.807, 2.05) is 0 Å². The molecule has 3 nitrogen and oxygen atoms in total. The monoisotopic (exact) mass is 409 g/mol. The molecule has 0 radical (unpaired) electrons. The average Bonchev–Trinajstić information content (AvgIpc) is 2.32. The second kappa shape index (κ2) is 7.20. The lowest BCUT2D eigenvalue weighted by atomic mass is 10.1. The first-order chi connectivity index (χ1) is 7.77. The van der Waals surface area contributed by atoms with E-state index in [1.165, 1.54) is 15.6 Å². The van der Waals surface area contributed by atoms with Crippen molar-refractivity contribution in [2.24, 2.45) is 4.99 Å². The predicted molar refractivity (Wildman–Crippen MR) is 86.1 cm³/mol. The Morgan fingerprint density at radius 3 is 3.00 bits per heavy atom. The smallest absolute Gasteiger partial charge is 0.191 e. The Bertz CT molecular complexity index is 407. The molecule has 0 spiro atoms. The van der Waals surface area contributed by atoms with Gasteiger partial charge in [0.1, 0.15) is 0 Å². The first-order valence-electron chi connectivity index (χ1n) is 5.53. The Morgan fingerprint density at radius 2 is 2.29 bits per heavy atom. The zero-order valence-corrected chi connectivity index (χ0v) is 13.7. The Balaban J connectivity index is 0.00000144. The molecule has 1 heterocycles. The zero-order valence-electron chi connectivity index (χ0n) is 9.79. The molecule has 0 unspecified atom stereocenters. The third kappa shape index (κ3) is 4.13. The van der Waals surface area contributed by atoms with Crippen LogP contribution < -0.4 is 10.6 Å². The molecule has 0 atom stereocenters. The van der Waals surface area contributed by atoms with Gasteiger partial charge in [0.05, 0.1) is 0 Å². The number of nitrogens with zero attached hydrogens (tertiary/aromatic N) is 1. The normalized spacial score (nSPS) is 14.4. The van der Waals surface area contributed by atoms with Crippen LogP contribution >= 0.6 is 39.9 Å². The van der Waals surface area contributed by atoms with Crippen molar-refractivity contribution in [3.8, 4) is 0 Å². The molecule has 1 aliphatic rings. The summed E-state index contributed by atoms with van der Waals surface area (Å²) in [5.74, 6) is 0.916. The Kier molecular flexibility index (Phi) is 6.26. The minimum absolute atomic E-state index is 0. The third-order valence-corrected chi connectivity index (χ3v) is 3.75. The molecule has 0 aromatic heterocycles. The van der Waals surface area contributed by atoms with E-state index in [-0.39, 0.29) is 24.0 Å². The molecular weight excluding hydrogens is 393 g/mol. The van der Waals surface area contributed by atoms with Gasteiger partial charge in [0.25, 0.3) is 0 Å². The highest BCUT2D eigenvalue weighted by atomic mass is 127. The number of aryl methyl sites for hydroxylation is 1. The van der Waals surface area contributed by atoms with Crippen LogP contribution in [0.2, 0.25) is 0 Å². The number of aliphatic imine (C=N–C) groups is 1. The van der Waals surface area contributed by atoms with Crippen molar-refractivity contribution in [3.63, 3.8) is 0 Å². The van der Waals surface area contributed by atoms with E-state index >= 15 is 0 Å². The van der Waals surface area contributed by atoms with Crippen LogP contribution in [0.3, 0.4) is 0 Å². The largest absolute Gasteiger partial charge is 0.356 e. The highest BCUT2D eigenvalue weighted by Crippen LogP contribution is 2.20.